The summed E-state index contributed by atoms with van der Waals surface area (Å²) >= 11 is 0. The van der Waals surface area contributed by atoms with E-state index in [1.807, 2.05) is 11.6 Å². The third-order valence-electron chi connectivity index (χ3n) is 6.25. The molecule has 0 saturated carbocycles. The van der Waals surface area contributed by atoms with Gasteiger partial charge in [-0.1, -0.05) is 5.21 Å². The van der Waals surface area contributed by atoms with Gasteiger partial charge in [-0.05, 0) is 52.1 Å². The fourth-order valence-electron chi connectivity index (χ4n) is 4.61. The summed E-state index contributed by atoms with van der Waals surface area (Å²) in [5, 5.41) is 12.1. The maximum Gasteiger partial charge on any atom is 0.276 e. The van der Waals surface area contributed by atoms with Crippen molar-refractivity contribution in [2.24, 2.45) is 0 Å². The first kappa shape index (κ1) is 18.8. The van der Waals surface area contributed by atoms with E-state index < -0.39 is 0 Å². The molecule has 4 heterocycles. The van der Waals surface area contributed by atoms with Crippen LogP contribution in [-0.2, 0) is 4.74 Å². The van der Waals surface area contributed by atoms with Gasteiger partial charge < -0.3 is 15.0 Å². The molecule has 3 fully saturated rings. The quantitative estimate of drug-likeness (QED) is 0.839. The van der Waals surface area contributed by atoms with E-state index >= 15 is 0 Å². The zero-order valence-electron chi connectivity index (χ0n) is 16.4. The Hall–Kier alpha value is -1.51. The molecule has 3 aliphatic heterocycles. The molecule has 0 bridgehead atoms. The van der Waals surface area contributed by atoms with Crippen molar-refractivity contribution in [3.63, 3.8) is 0 Å². The van der Waals surface area contributed by atoms with Crippen molar-refractivity contribution in [2.45, 2.75) is 51.1 Å². The Bertz CT molecular complexity index is 636. The van der Waals surface area contributed by atoms with Crippen LogP contribution in [0.2, 0.25) is 0 Å². The molecule has 1 N–H and O–H groups in total. The number of nitrogens with zero attached hydrogens (tertiary/aromatic N) is 5. The van der Waals surface area contributed by atoms with E-state index in [-0.39, 0.29) is 11.9 Å². The molecule has 1 aromatic rings. The maximum atomic E-state index is 13.3. The van der Waals surface area contributed by atoms with E-state index in [0.29, 0.717) is 11.7 Å². The predicted octanol–water partition coefficient (Wildman–Crippen LogP) is 0.838. The Kier molecular flexibility index (Phi) is 6.04. The molecule has 0 spiro atoms. The Labute approximate surface area is 161 Å². The Morgan fingerprint density at radius 2 is 1.93 bits per heavy atom. The van der Waals surface area contributed by atoms with Crippen LogP contribution in [-0.4, -0.2) is 89.2 Å². The number of hydrogen-bond donors (Lipinski definition) is 1. The highest BCUT2D eigenvalue weighted by atomic mass is 16.5. The molecule has 4 rings (SSSR count). The second kappa shape index (κ2) is 8.67. The summed E-state index contributed by atoms with van der Waals surface area (Å²) in [4.78, 5) is 17.8. The number of rotatable bonds is 4. The minimum Gasteiger partial charge on any atom is -0.379 e. The summed E-state index contributed by atoms with van der Waals surface area (Å²) in [5.74, 6) is 0.0608. The van der Waals surface area contributed by atoms with Crippen LogP contribution in [0.5, 0.6) is 0 Å². The highest BCUT2D eigenvalue weighted by Crippen LogP contribution is 2.24. The fourth-order valence-corrected chi connectivity index (χ4v) is 4.61. The molecule has 8 heteroatoms. The molecule has 150 valence electrons. The molecule has 3 saturated heterocycles. The van der Waals surface area contributed by atoms with Crippen LogP contribution in [0, 0.1) is 6.92 Å². The minimum atomic E-state index is 0.0608. The molecule has 0 unspecified atom stereocenters. The van der Waals surface area contributed by atoms with Crippen molar-refractivity contribution < 1.29 is 9.53 Å². The van der Waals surface area contributed by atoms with Crippen molar-refractivity contribution >= 4 is 5.91 Å². The minimum absolute atomic E-state index is 0.0608. The zero-order chi connectivity index (χ0) is 18.6. The van der Waals surface area contributed by atoms with E-state index in [1.54, 1.807) is 0 Å². The average molecular weight is 377 g/mol. The third-order valence-corrected chi connectivity index (χ3v) is 6.25. The van der Waals surface area contributed by atoms with Crippen LogP contribution in [0.15, 0.2) is 0 Å². The molecule has 1 aromatic heterocycles. The molecule has 0 aliphatic carbocycles. The molecule has 1 atom stereocenters. The van der Waals surface area contributed by atoms with Gasteiger partial charge in [0.25, 0.3) is 5.91 Å². The van der Waals surface area contributed by atoms with Gasteiger partial charge >= 0.3 is 0 Å². The number of carbonyl (C=O) groups is 1. The highest BCUT2D eigenvalue weighted by molar-refractivity contribution is 5.93. The summed E-state index contributed by atoms with van der Waals surface area (Å²) in [7, 11) is 0. The summed E-state index contributed by atoms with van der Waals surface area (Å²) in [6.45, 7) is 9.28. The number of carbonyl (C=O) groups excluding carboxylic acids is 1. The summed E-state index contributed by atoms with van der Waals surface area (Å²) in [6.07, 6.45) is 5.43. The van der Waals surface area contributed by atoms with Crippen LogP contribution in [0.1, 0.15) is 54.3 Å². The third kappa shape index (κ3) is 4.17. The van der Waals surface area contributed by atoms with E-state index in [0.717, 1.165) is 83.9 Å². The van der Waals surface area contributed by atoms with Crippen molar-refractivity contribution in [3.8, 4) is 0 Å². The van der Waals surface area contributed by atoms with E-state index in [1.165, 1.54) is 6.42 Å². The maximum absolute atomic E-state index is 13.3. The largest absolute Gasteiger partial charge is 0.379 e. The number of morpholine rings is 1. The van der Waals surface area contributed by atoms with Gasteiger partial charge in [-0.25, -0.2) is 4.68 Å². The number of aromatic nitrogens is 3. The molecular weight excluding hydrogens is 344 g/mol. The van der Waals surface area contributed by atoms with Crippen molar-refractivity contribution in [2.75, 3.05) is 52.5 Å². The van der Waals surface area contributed by atoms with Crippen molar-refractivity contribution in [1.82, 2.24) is 30.1 Å². The number of likely N-dealkylation sites (tertiary alicyclic amines) is 1. The van der Waals surface area contributed by atoms with Gasteiger partial charge in [0.05, 0.1) is 24.9 Å². The van der Waals surface area contributed by atoms with E-state index in [9.17, 15) is 4.79 Å². The fraction of sp³-hybridized carbons (Fsp3) is 0.842. The SMILES string of the molecule is Cc1c(C(=O)N2CCCC[C@@H]2CN2CCOCC2)nnn1C1CCNCC1. The molecular formula is C19H32N6O2. The summed E-state index contributed by atoms with van der Waals surface area (Å²) in [6, 6.07) is 0.624. The lowest BCUT2D eigenvalue weighted by Gasteiger charge is -2.39. The second-order valence-electron chi connectivity index (χ2n) is 8.01. The lowest BCUT2D eigenvalue weighted by Crippen LogP contribution is -2.51. The van der Waals surface area contributed by atoms with Gasteiger partial charge in [-0.2, -0.15) is 0 Å². The first-order valence-corrected chi connectivity index (χ1v) is 10.5. The van der Waals surface area contributed by atoms with E-state index in [2.05, 4.69) is 25.4 Å². The van der Waals surface area contributed by atoms with Crippen LogP contribution in [0.4, 0.5) is 0 Å². The first-order chi connectivity index (χ1) is 13.2. The van der Waals surface area contributed by atoms with Gasteiger partial charge in [-0.3, -0.25) is 9.69 Å². The highest BCUT2D eigenvalue weighted by Gasteiger charge is 2.32. The van der Waals surface area contributed by atoms with Crippen molar-refractivity contribution in [1.29, 1.82) is 0 Å². The molecule has 27 heavy (non-hydrogen) atoms. The van der Waals surface area contributed by atoms with Crippen LogP contribution >= 0.6 is 0 Å². The Morgan fingerprint density at radius 3 is 2.70 bits per heavy atom. The van der Waals surface area contributed by atoms with Gasteiger partial charge in [0.2, 0.25) is 0 Å². The van der Waals surface area contributed by atoms with E-state index in [4.69, 9.17) is 4.74 Å². The normalized spacial score (nSPS) is 25.7. The monoisotopic (exact) mass is 376 g/mol. The Balaban J connectivity index is 1.47. The zero-order valence-corrected chi connectivity index (χ0v) is 16.4. The molecule has 0 radical (unpaired) electrons. The molecule has 3 aliphatic rings. The van der Waals surface area contributed by atoms with Gasteiger partial charge in [0.15, 0.2) is 5.69 Å². The lowest BCUT2D eigenvalue weighted by molar-refractivity contribution is 0.0164. The number of hydrogen-bond acceptors (Lipinski definition) is 6. The second-order valence-corrected chi connectivity index (χ2v) is 8.01. The van der Waals surface area contributed by atoms with Crippen LogP contribution < -0.4 is 5.32 Å². The van der Waals surface area contributed by atoms with Crippen LogP contribution in [0.25, 0.3) is 0 Å². The topological polar surface area (TPSA) is 75.5 Å². The standard InChI is InChI=1S/C19H32N6O2/c1-15-18(21-22-25(15)16-5-7-20-8-6-16)19(26)24-9-3-2-4-17(24)14-23-10-12-27-13-11-23/h16-17,20H,2-14H2,1H3/t17-/m1/s1. The molecule has 0 aromatic carbocycles. The van der Waals surface area contributed by atoms with Gasteiger partial charge in [0, 0.05) is 32.2 Å². The summed E-state index contributed by atoms with van der Waals surface area (Å²) in [5.41, 5.74) is 1.46. The number of nitrogens with one attached hydrogen (secondary N) is 1. The van der Waals surface area contributed by atoms with Gasteiger partial charge in [0.1, 0.15) is 0 Å². The molecule has 8 nitrogen and oxygen atoms in total. The number of piperidine rings is 2. The lowest BCUT2D eigenvalue weighted by atomic mass is 10.0. The Morgan fingerprint density at radius 1 is 1.15 bits per heavy atom. The smallest absolute Gasteiger partial charge is 0.276 e. The van der Waals surface area contributed by atoms with Crippen molar-refractivity contribution in [3.05, 3.63) is 11.4 Å². The average Bonchev–Trinajstić information content (AvgIpc) is 3.11. The predicted molar refractivity (Wildman–Crippen MR) is 102 cm³/mol. The van der Waals surface area contributed by atoms with Crippen LogP contribution in [0.3, 0.4) is 0 Å². The number of ether oxygens (including phenoxy) is 1. The number of amides is 1. The summed E-state index contributed by atoms with van der Waals surface area (Å²) < 4.78 is 7.44. The molecule has 1 amide bonds. The first-order valence-electron chi connectivity index (χ1n) is 10.5. The van der Waals surface area contributed by atoms with Gasteiger partial charge in [-0.15, -0.1) is 5.10 Å².